The van der Waals surface area contributed by atoms with Crippen molar-refractivity contribution >= 4 is 17.7 Å². The number of hydrogen-bond donors (Lipinski definition) is 1. The predicted molar refractivity (Wildman–Crippen MR) is 76.5 cm³/mol. The fourth-order valence-electron chi connectivity index (χ4n) is 2.24. The summed E-state index contributed by atoms with van der Waals surface area (Å²) in [4.78, 5) is 14.3. The molecular weight excluding hydrogens is 244 g/mol. The van der Waals surface area contributed by atoms with Crippen molar-refractivity contribution in [3.05, 3.63) is 35.9 Å². The van der Waals surface area contributed by atoms with Crippen molar-refractivity contribution in [2.75, 3.05) is 18.7 Å². The minimum Gasteiger partial charge on any atom is -0.326 e. The summed E-state index contributed by atoms with van der Waals surface area (Å²) in [5, 5.41) is 3.30. The number of carbonyl (C=O) groups is 1. The number of carbonyl (C=O) groups excluding carboxylic acids is 1. The van der Waals surface area contributed by atoms with E-state index in [1.807, 2.05) is 47.0 Å². The van der Waals surface area contributed by atoms with Gasteiger partial charge in [-0.15, -0.1) is 0 Å². The smallest absolute Gasteiger partial charge is 0.245 e. The van der Waals surface area contributed by atoms with Gasteiger partial charge in [-0.25, -0.2) is 0 Å². The summed E-state index contributed by atoms with van der Waals surface area (Å²) in [6.07, 6.45) is 3.15. The highest BCUT2D eigenvalue weighted by Gasteiger charge is 2.34. The molecular formula is C14H20N2OS. The van der Waals surface area contributed by atoms with Crippen molar-refractivity contribution in [1.29, 1.82) is 0 Å². The molecule has 1 amide bonds. The van der Waals surface area contributed by atoms with Gasteiger partial charge in [-0.2, -0.15) is 11.8 Å². The Morgan fingerprint density at radius 1 is 1.44 bits per heavy atom. The van der Waals surface area contributed by atoms with Crippen LogP contribution in [-0.4, -0.2) is 35.5 Å². The van der Waals surface area contributed by atoms with Crippen LogP contribution in [0.3, 0.4) is 0 Å². The Labute approximate surface area is 113 Å². The van der Waals surface area contributed by atoms with E-state index in [-0.39, 0.29) is 11.9 Å². The van der Waals surface area contributed by atoms with Gasteiger partial charge in [0.05, 0.1) is 6.67 Å². The molecule has 1 aromatic rings. The lowest BCUT2D eigenvalue weighted by atomic mass is 10.1. The van der Waals surface area contributed by atoms with Crippen LogP contribution in [0.1, 0.15) is 24.9 Å². The first-order valence-electron chi connectivity index (χ1n) is 6.31. The summed E-state index contributed by atoms with van der Waals surface area (Å²) < 4.78 is 0. The maximum atomic E-state index is 12.4. The second-order valence-electron chi connectivity index (χ2n) is 4.64. The van der Waals surface area contributed by atoms with E-state index in [1.165, 1.54) is 0 Å². The van der Waals surface area contributed by atoms with Gasteiger partial charge in [-0.05, 0) is 30.9 Å². The standard InChI is InChI=1S/C14H20N2OS/c1-11(8-9-18-2)16-10-15-13(14(16)17)12-6-4-3-5-7-12/h3-7,11,13,15H,8-10H2,1-2H3. The predicted octanol–water partition coefficient (Wildman–Crippen LogP) is 2.26. The Morgan fingerprint density at radius 2 is 2.17 bits per heavy atom. The number of nitrogens with zero attached hydrogens (tertiary/aromatic N) is 1. The van der Waals surface area contributed by atoms with Gasteiger partial charge in [0.15, 0.2) is 0 Å². The van der Waals surface area contributed by atoms with Crippen LogP contribution in [0.4, 0.5) is 0 Å². The summed E-state index contributed by atoms with van der Waals surface area (Å²) in [7, 11) is 0. The van der Waals surface area contributed by atoms with E-state index in [0.717, 1.165) is 17.7 Å². The normalized spacial score (nSPS) is 21.3. The van der Waals surface area contributed by atoms with E-state index in [1.54, 1.807) is 0 Å². The second kappa shape index (κ2) is 6.25. The number of amides is 1. The molecule has 1 heterocycles. The summed E-state index contributed by atoms with van der Waals surface area (Å²) in [5.41, 5.74) is 1.06. The lowest BCUT2D eigenvalue weighted by molar-refractivity contribution is -0.130. The molecule has 1 fully saturated rings. The SMILES string of the molecule is CSCCC(C)N1CNC(c2ccccc2)C1=O. The molecule has 1 saturated heterocycles. The first kappa shape index (κ1) is 13.4. The van der Waals surface area contributed by atoms with Crippen molar-refractivity contribution in [3.8, 4) is 0 Å². The maximum Gasteiger partial charge on any atom is 0.245 e. The van der Waals surface area contributed by atoms with Crippen LogP contribution < -0.4 is 5.32 Å². The highest BCUT2D eigenvalue weighted by atomic mass is 32.2. The highest BCUT2D eigenvalue weighted by Crippen LogP contribution is 2.23. The number of benzene rings is 1. The summed E-state index contributed by atoms with van der Waals surface area (Å²) >= 11 is 1.83. The highest BCUT2D eigenvalue weighted by molar-refractivity contribution is 7.98. The first-order valence-corrected chi connectivity index (χ1v) is 7.71. The average molecular weight is 264 g/mol. The topological polar surface area (TPSA) is 32.3 Å². The van der Waals surface area contributed by atoms with Crippen molar-refractivity contribution < 1.29 is 4.79 Å². The van der Waals surface area contributed by atoms with Gasteiger partial charge < -0.3 is 4.90 Å². The first-order chi connectivity index (χ1) is 8.74. The molecule has 98 valence electrons. The molecule has 0 saturated carbocycles. The Balaban J connectivity index is 2.01. The lowest BCUT2D eigenvalue weighted by Crippen LogP contribution is -2.35. The molecule has 0 radical (unpaired) electrons. The van der Waals surface area contributed by atoms with E-state index in [2.05, 4.69) is 18.5 Å². The van der Waals surface area contributed by atoms with Gasteiger partial charge in [0, 0.05) is 6.04 Å². The molecule has 2 rings (SSSR count). The quantitative estimate of drug-likeness (QED) is 0.885. The zero-order valence-corrected chi connectivity index (χ0v) is 11.7. The van der Waals surface area contributed by atoms with E-state index >= 15 is 0 Å². The minimum absolute atomic E-state index is 0.164. The van der Waals surface area contributed by atoms with Crippen LogP contribution in [0, 0.1) is 0 Å². The third-order valence-electron chi connectivity index (χ3n) is 3.40. The number of nitrogens with one attached hydrogen (secondary N) is 1. The van der Waals surface area contributed by atoms with Crippen LogP contribution >= 0.6 is 11.8 Å². The molecule has 3 nitrogen and oxygen atoms in total. The van der Waals surface area contributed by atoms with Crippen molar-refractivity contribution in [3.63, 3.8) is 0 Å². The van der Waals surface area contributed by atoms with Crippen molar-refractivity contribution in [2.24, 2.45) is 0 Å². The fourth-order valence-corrected chi connectivity index (χ4v) is 2.82. The molecule has 18 heavy (non-hydrogen) atoms. The van der Waals surface area contributed by atoms with E-state index in [4.69, 9.17) is 0 Å². The van der Waals surface area contributed by atoms with Crippen molar-refractivity contribution in [2.45, 2.75) is 25.4 Å². The van der Waals surface area contributed by atoms with Gasteiger partial charge in [-0.1, -0.05) is 30.3 Å². The van der Waals surface area contributed by atoms with Crippen LogP contribution in [-0.2, 0) is 4.79 Å². The van der Waals surface area contributed by atoms with E-state index in [0.29, 0.717) is 12.7 Å². The van der Waals surface area contributed by atoms with Gasteiger partial charge in [0.2, 0.25) is 5.91 Å². The van der Waals surface area contributed by atoms with Crippen LogP contribution in [0.2, 0.25) is 0 Å². The van der Waals surface area contributed by atoms with Crippen LogP contribution in [0.15, 0.2) is 30.3 Å². The van der Waals surface area contributed by atoms with E-state index < -0.39 is 0 Å². The molecule has 2 atom stereocenters. The minimum atomic E-state index is -0.164. The summed E-state index contributed by atoms with van der Waals surface area (Å²) in [5.74, 6) is 1.30. The second-order valence-corrected chi connectivity index (χ2v) is 5.63. The van der Waals surface area contributed by atoms with Crippen LogP contribution in [0.5, 0.6) is 0 Å². The fraction of sp³-hybridized carbons (Fsp3) is 0.500. The molecule has 1 N–H and O–H groups in total. The molecule has 1 aromatic carbocycles. The molecule has 0 aliphatic carbocycles. The maximum absolute atomic E-state index is 12.4. The summed E-state index contributed by atoms with van der Waals surface area (Å²) in [6.45, 7) is 2.79. The molecule has 1 aliphatic rings. The number of rotatable bonds is 5. The zero-order chi connectivity index (χ0) is 13.0. The summed E-state index contributed by atoms with van der Waals surface area (Å²) in [6, 6.07) is 10.1. The monoisotopic (exact) mass is 264 g/mol. The van der Waals surface area contributed by atoms with Crippen LogP contribution in [0.25, 0.3) is 0 Å². The van der Waals surface area contributed by atoms with Gasteiger partial charge in [0.25, 0.3) is 0 Å². The third-order valence-corrected chi connectivity index (χ3v) is 4.04. The molecule has 0 aromatic heterocycles. The van der Waals surface area contributed by atoms with E-state index in [9.17, 15) is 4.79 Å². The number of thioether (sulfide) groups is 1. The molecule has 1 aliphatic heterocycles. The molecule has 0 bridgehead atoms. The van der Waals surface area contributed by atoms with Gasteiger partial charge >= 0.3 is 0 Å². The Morgan fingerprint density at radius 3 is 2.83 bits per heavy atom. The lowest BCUT2D eigenvalue weighted by Gasteiger charge is -2.23. The number of hydrogen-bond acceptors (Lipinski definition) is 3. The Kier molecular flexibility index (Phi) is 4.66. The average Bonchev–Trinajstić information content (AvgIpc) is 2.79. The van der Waals surface area contributed by atoms with Gasteiger partial charge in [0.1, 0.15) is 6.04 Å². The van der Waals surface area contributed by atoms with Crippen molar-refractivity contribution in [1.82, 2.24) is 10.2 Å². The Bertz CT molecular complexity index is 396. The molecule has 4 heteroatoms. The Hall–Kier alpha value is -1.00. The zero-order valence-electron chi connectivity index (χ0n) is 10.9. The third kappa shape index (κ3) is 2.87. The van der Waals surface area contributed by atoms with Gasteiger partial charge in [-0.3, -0.25) is 10.1 Å². The largest absolute Gasteiger partial charge is 0.326 e. The molecule has 2 unspecified atom stereocenters. The molecule has 0 spiro atoms.